The van der Waals surface area contributed by atoms with Crippen molar-refractivity contribution >= 4 is 28.1 Å². The Morgan fingerprint density at radius 3 is 2.74 bits per heavy atom. The van der Waals surface area contributed by atoms with Crippen LogP contribution in [0.1, 0.15) is 17.3 Å². The topological polar surface area (TPSA) is 110 Å². The van der Waals surface area contributed by atoms with E-state index in [0.717, 1.165) is 6.07 Å². The summed E-state index contributed by atoms with van der Waals surface area (Å²) in [6.45, 7) is 2.12. The second-order valence-corrected chi connectivity index (χ2v) is 5.52. The fourth-order valence-corrected chi connectivity index (χ4v) is 2.03. The maximum atomic E-state index is 11.2. The number of nitro groups is 1. The molecule has 0 spiro atoms. The molecule has 1 aromatic rings. The van der Waals surface area contributed by atoms with E-state index in [0.29, 0.717) is 18.1 Å². The summed E-state index contributed by atoms with van der Waals surface area (Å²) in [6.07, 6.45) is 0. The standard InChI is InChI=1S/C11H14N2O5S/c1-2-19(18)6-5-12-9-4-3-8(11(14)15)7-10(9)13(16)17/h3-4,7,12H,2,5-6H2,1H3,(H,14,15). The molecule has 104 valence electrons. The summed E-state index contributed by atoms with van der Waals surface area (Å²) < 4.78 is 11.2. The Morgan fingerprint density at radius 2 is 2.21 bits per heavy atom. The lowest BCUT2D eigenvalue weighted by Crippen LogP contribution is -2.13. The number of carbonyl (C=O) groups is 1. The summed E-state index contributed by atoms with van der Waals surface area (Å²) in [4.78, 5) is 21.0. The van der Waals surface area contributed by atoms with Gasteiger partial charge in [0.2, 0.25) is 0 Å². The lowest BCUT2D eigenvalue weighted by molar-refractivity contribution is -0.384. The Kier molecular flexibility index (Phi) is 5.43. The quantitative estimate of drug-likeness (QED) is 0.580. The predicted octanol–water partition coefficient (Wildman–Crippen LogP) is 1.47. The van der Waals surface area contributed by atoms with Crippen LogP contribution in [0.2, 0.25) is 0 Å². The molecule has 1 unspecified atom stereocenters. The fraction of sp³-hybridized carbons (Fsp3) is 0.364. The highest BCUT2D eigenvalue weighted by molar-refractivity contribution is 7.84. The van der Waals surface area contributed by atoms with E-state index >= 15 is 0 Å². The van der Waals surface area contributed by atoms with Gasteiger partial charge in [0, 0.05) is 34.9 Å². The van der Waals surface area contributed by atoms with Gasteiger partial charge < -0.3 is 10.4 Å². The van der Waals surface area contributed by atoms with Crippen molar-refractivity contribution in [1.82, 2.24) is 0 Å². The Bertz CT molecular complexity index is 518. The minimum atomic E-state index is -1.22. The maximum Gasteiger partial charge on any atom is 0.335 e. The van der Waals surface area contributed by atoms with Crippen molar-refractivity contribution in [3.63, 3.8) is 0 Å². The number of nitrogens with one attached hydrogen (secondary N) is 1. The molecule has 0 bridgehead atoms. The number of nitrogens with zero attached hydrogens (tertiary/aromatic N) is 1. The molecule has 8 heteroatoms. The maximum absolute atomic E-state index is 11.2. The van der Waals surface area contributed by atoms with Gasteiger partial charge in [-0.2, -0.15) is 0 Å². The number of benzene rings is 1. The normalized spacial score (nSPS) is 11.8. The van der Waals surface area contributed by atoms with Crippen molar-refractivity contribution in [2.24, 2.45) is 0 Å². The van der Waals surface area contributed by atoms with Crippen molar-refractivity contribution in [3.8, 4) is 0 Å². The van der Waals surface area contributed by atoms with Crippen LogP contribution < -0.4 is 5.32 Å². The molecule has 0 radical (unpaired) electrons. The molecule has 2 N–H and O–H groups in total. The molecule has 1 atom stereocenters. The highest BCUT2D eigenvalue weighted by Gasteiger charge is 2.16. The van der Waals surface area contributed by atoms with Gasteiger partial charge >= 0.3 is 5.97 Å². The monoisotopic (exact) mass is 286 g/mol. The van der Waals surface area contributed by atoms with E-state index in [2.05, 4.69) is 5.32 Å². The zero-order valence-corrected chi connectivity index (χ0v) is 11.1. The second-order valence-electron chi connectivity index (χ2n) is 3.65. The van der Waals surface area contributed by atoms with Crippen LogP contribution in [0.25, 0.3) is 0 Å². The predicted molar refractivity (Wildman–Crippen MR) is 72.1 cm³/mol. The van der Waals surface area contributed by atoms with E-state index in [4.69, 9.17) is 5.11 Å². The molecule has 0 amide bonds. The van der Waals surface area contributed by atoms with Crippen molar-refractivity contribution < 1.29 is 19.0 Å². The van der Waals surface area contributed by atoms with Crippen LogP contribution in [-0.2, 0) is 10.8 Å². The van der Waals surface area contributed by atoms with Crippen LogP contribution in [-0.4, -0.2) is 38.3 Å². The third-order valence-corrected chi connectivity index (χ3v) is 3.71. The van der Waals surface area contributed by atoms with Crippen molar-refractivity contribution in [2.45, 2.75) is 6.92 Å². The van der Waals surface area contributed by atoms with Gasteiger partial charge in [0.15, 0.2) is 0 Å². The first-order valence-electron chi connectivity index (χ1n) is 5.56. The third kappa shape index (κ3) is 4.32. The van der Waals surface area contributed by atoms with E-state index in [1.54, 1.807) is 6.92 Å². The van der Waals surface area contributed by atoms with E-state index in [1.807, 2.05) is 0 Å². The van der Waals surface area contributed by atoms with Crippen LogP contribution in [0.4, 0.5) is 11.4 Å². The summed E-state index contributed by atoms with van der Waals surface area (Å²) in [5.41, 5.74) is -0.223. The fourth-order valence-electron chi connectivity index (χ4n) is 1.41. The summed E-state index contributed by atoms with van der Waals surface area (Å²) in [5.74, 6) is -0.308. The molecule has 0 aliphatic carbocycles. The molecule has 0 fully saturated rings. The van der Waals surface area contributed by atoms with E-state index < -0.39 is 21.7 Å². The lowest BCUT2D eigenvalue weighted by atomic mass is 10.1. The SMILES string of the molecule is CCS(=O)CCNc1ccc(C(=O)O)cc1[N+](=O)[O-]. The van der Waals surface area contributed by atoms with Gasteiger partial charge in [0.25, 0.3) is 5.69 Å². The van der Waals surface area contributed by atoms with Gasteiger partial charge in [0.05, 0.1) is 10.5 Å². The van der Waals surface area contributed by atoms with Crippen molar-refractivity contribution in [2.75, 3.05) is 23.4 Å². The molecule has 7 nitrogen and oxygen atoms in total. The van der Waals surface area contributed by atoms with Crippen LogP contribution in [0, 0.1) is 10.1 Å². The van der Waals surface area contributed by atoms with E-state index in [1.165, 1.54) is 12.1 Å². The molecular weight excluding hydrogens is 272 g/mol. The number of carboxylic acid groups (broad SMARTS) is 1. The van der Waals surface area contributed by atoms with Gasteiger partial charge in [-0.15, -0.1) is 0 Å². The number of hydrogen-bond acceptors (Lipinski definition) is 5. The highest BCUT2D eigenvalue weighted by Crippen LogP contribution is 2.25. The van der Waals surface area contributed by atoms with Gasteiger partial charge in [0.1, 0.15) is 5.69 Å². The number of nitro benzene ring substituents is 1. The minimum absolute atomic E-state index is 0.144. The van der Waals surface area contributed by atoms with E-state index in [-0.39, 0.29) is 16.9 Å². The van der Waals surface area contributed by atoms with Crippen LogP contribution in [0.5, 0.6) is 0 Å². The van der Waals surface area contributed by atoms with Gasteiger partial charge in [-0.05, 0) is 12.1 Å². The van der Waals surface area contributed by atoms with Crippen molar-refractivity contribution in [1.29, 1.82) is 0 Å². The van der Waals surface area contributed by atoms with Crippen LogP contribution >= 0.6 is 0 Å². The number of hydrogen-bond donors (Lipinski definition) is 2. The number of carboxylic acids is 1. The average molecular weight is 286 g/mol. The highest BCUT2D eigenvalue weighted by atomic mass is 32.2. The Hall–Kier alpha value is -1.96. The molecule has 1 aromatic carbocycles. The molecular formula is C11H14N2O5S. The Labute approximate surface area is 112 Å². The molecule has 0 heterocycles. The first-order chi connectivity index (χ1) is 8.95. The number of aromatic carboxylic acids is 1. The summed E-state index contributed by atoms with van der Waals surface area (Å²) in [5, 5.41) is 22.4. The van der Waals surface area contributed by atoms with Crippen molar-refractivity contribution in [3.05, 3.63) is 33.9 Å². The Balaban J connectivity index is 2.85. The molecule has 1 rings (SSSR count). The molecule has 19 heavy (non-hydrogen) atoms. The summed E-state index contributed by atoms with van der Waals surface area (Å²) in [6, 6.07) is 3.63. The summed E-state index contributed by atoms with van der Waals surface area (Å²) in [7, 11) is -0.956. The van der Waals surface area contributed by atoms with Crippen LogP contribution in [0.3, 0.4) is 0 Å². The summed E-state index contributed by atoms with van der Waals surface area (Å²) >= 11 is 0. The van der Waals surface area contributed by atoms with Gasteiger partial charge in [-0.3, -0.25) is 14.3 Å². The first-order valence-corrected chi connectivity index (χ1v) is 7.05. The lowest BCUT2D eigenvalue weighted by Gasteiger charge is -2.07. The minimum Gasteiger partial charge on any atom is -0.478 e. The van der Waals surface area contributed by atoms with E-state index in [9.17, 15) is 19.1 Å². The number of anilines is 1. The number of rotatable bonds is 7. The molecule has 0 saturated carbocycles. The average Bonchev–Trinajstić information content (AvgIpc) is 2.38. The molecule has 0 aliphatic heterocycles. The second kappa shape index (κ2) is 6.83. The van der Waals surface area contributed by atoms with Crippen LogP contribution in [0.15, 0.2) is 18.2 Å². The smallest absolute Gasteiger partial charge is 0.335 e. The largest absolute Gasteiger partial charge is 0.478 e. The van der Waals surface area contributed by atoms with Gasteiger partial charge in [-0.1, -0.05) is 6.92 Å². The third-order valence-electron chi connectivity index (χ3n) is 2.41. The Morgan fingerprint density at radius 1 is 1.53 bits per heavy atom. The molecule has 0 saturated heterocycles. The zero-order valence-electron chi connectivity index (χ0n) is 10.3. The molecule has 0 aliphatic rings. The van der Waals surface area contributed by atoms with Gasteiger partial charge in [-0.25, -0.2) is 4.79 Å². The zero-order chi connectivity index (χ0) is 14.4. The first kappa shape index (κ1) is 15.1. The molecule has 0 aromatic heterocycles.